The molecule has 1 heterocycles. The lowest BCUT2D eigenvalue weighted by Gasteiger charge is -2.46. The topological polar surface area (TPSA) is 171 Å². The Morgan fingerprint density at radius 2 is 1.59 bits per heavy atom. The number of likely N-dealkylation sites (tertiary alicyclic amines) is 1. The van der Waals surface area contributed by atoms with Crippen molar-refractivity contribution in [3.8, 4) is 0 Å². The van der Waals surface area contributed by atoms with E-state index >= 15 is 0 Å². The molecule has 0 bridgehead atoms. The van der Waals surface area contributed by atoms with Crippen molar-refractivity contribution in [1.29, 1.82) is 0 Å². The monoisotopic (exact) mass is 733 g/mol. The van der Waals surface area contributed by atoms with Crippen LogP contribution in [0, 0.1) is 22.7 Å². The van der Waals surface area contributed by atoms with Crippen molar-refractivity contribution in [3.63, 3.8) is 0 Å². The molecule has 51 heavy (non-hydrogen) atoms. The van der Waals surface area contributed by atoms with Gasteiger partial charge in [-0.05, 0) is 81.5 Å². The molecule has 0 aromatic carbocycles. The highest BCUT2D eigenvalue weighted by molar-refractivity contribution is 7.92. The molecule has 4 aliphatic rings. The minimum absolute atomic E-state index is 0.0801. The third kappa shape index (κ3) is 9.73. The van der Waals surface area contributed by atoms with Gasteiger partial charge in [0.2, 0.25) is 17.6 Å². The lowest BCUT2D eigenvalue weighted by molar-refractivity contribution is -0.150. The molecule has 1 aliphatic heterocycles. The number of sulfone groups is 1. The van der Waals surface area contributed by atoms with Gasteiger partial charge in [-0.15, -0.1) is 6.58 Å². The Bertz CT molecular complexity index is 1450. The number of nitrogens with one attached hydrogen (secondary N) is 4. The zero-order chi connectivity index (χ0) is 38.0. The summed E-state index contributed by atoms with van der Waals surface area (Å²) >= 11 is 0. The van der Waals surface area contributed by atoms with Crippen LogP contribution in [0.15, 0.2) is 12.7 Å². The molecule has 13 heteroatoms. The Morgan fingerprint density at radius 1 is 0.961 bits per heavy atom. The van der Waals surface area contributed by atoms with Crippen molar-refractivity contribution in [2.45, 2.75) is 154 Å². The van der Waals surface area contributed by atoms with Crippen molar-refractivity contribution in [2.75, 3.05) is 18.8 Å². The fourth-order valence-electron chi connectivity index (χ4n) is 7.78. The molecule has 4 fully saturated rings. The second kappa shape index (κ2) is 15.6. The van der Waals surface area contributed by atoms with Crippen molar-refractivity contribution in [1.82, 2.24) is 26.2 Å². The summed E-state index contributed by atoms with van der Waals surface area (Å²) in [7, 11) is -3.58. The molecule has 12 nitrogen and oxygen atoms in total. The zero-order valence-corrected chi connectivity index (χ0v) is 32.8. The average Bonchev–Trinajstić information content (AvgIpc) is 4.00. The first kappa shape index (κ1) is 40.8. The van der Waals surface area contributed by atoms with Gasteiger partial charge in [0.1, 0.15) is 12.1 Å². The first-order valence-corrected chi connectivity index (χ1v) is 20.7. The van der Waals surface area contributed by atoms with E-state index in [0.29, 0.717) is 38.6 Å². The summed E-state index contributed by atoms with van der Waals surface area (Å²) in [4.78, 5) is 70.1. The minimum Gasteiger partial charge on any atom is -0.346 e. The quantitative estimate of drug-likeness (QED) is 0.145. The molecule has 3 aliphatic carbocycles. The third-order valence-corrected chi connectivity index (χ3v) is 15.1. The van der Waals surface area contributed by atoms with Crippen LogP contribution >= 0.6 is 0 Å². The summed E-state index contributed by atoms with van der Waals surface area (Å²) in [5.41, 5.74) is -1.80. The van der Waals surface area contributed by atoms with Gasteiger partial charge in [0.05, 0.1) is 22.1 Å². The van der Waals surface area contributed by atoms with Crippen LogP contribution in [0.4, 0.5) is 4.79 Å². The van der Waals surface area contributed by atoms with E-state index in [1.54, 1.807) is 18.7 Å². The van der Waals surface area contributed by atoms with Gasteiger partial charge in [-0.3, -0.25) is 19.2 Å². The normalized spacial score (nSPS) is 24.1. The molecule has 4 rings (SSSR count). The Hall–Kier alpha value is -2.96. The maximum atomic E-state index is 14.6. The molecule has 4 atom stereocenters. The van der Waals surface area contributed by atoms with E-state index in [9.17, 15) is 32.4 Å². The number of Topliss-reactive ketones (excluding diaryl/α,β-unsaturated/α-hetero) is 1. The number of rotatable bonds is 15. The standard InChI is InChI=1S/C38H63N5O7S/c1-9-20-39-32(46)29(44)27(21-26-14-15-26)40-31(45)28-22-37(18-19-37)25(3)23-43(28)33(47)30(35(4,5)6)41-34(48)42-38(16-12-11-13-17-38)24-51(49,50)36(7,8)10-2/h9,25-28,30H,1,10-24H2,2-8H3,(H,39,46)(H,40,45)(H2,41,42,48)/t25?,27?,28-,30+/m0/s1. The number of ketones is 1. The molecule has 1 saturated heterocycles. The molecular formula is C38H63N5O7S. The zero-order valence-electron chi connectivity index (χ0n) is 32.0. The molecule has 3 saturated carbocycles. The predicted molar refractivity (Wildman–Crippen MR) is 197 cm³/mol. The minimum atomic E-state index is -3.58. The highest BCUT2D eigenvalue weighted by Crippen LogP contribution is 2.58. The molecule has 2 unspecified atom stereocenters. The number of piperidine rings is 1. The highest BCUT2D eigenvalue weighted by atomic mass is 32.2. The molecule has 1 spiro atoms. The van der Waals surface area contributed by atoms with E-state index in [1.165, 1.54) is 6.08 Å². The number of hydrogen-bond acceptors (Lipinski definition) is 7. The molecule has 5 amide bonds. The summed E-state index contributed by atoms with van der Waals surface area (Å²) in [6.45, 7) is 16.9. The molecule has 0 radical (unpaired) electrons. The molecule has 4 N–H and O–H groups in total. The van der Waals surface area contributed by atoms with E-state index in [0.717, 1.165) is 44.9 Å². The number of carbonyl (C=O) groups is 5. The average molecular weight is 734 g/mol. The number of amides is 5. The van der Waals surface area contributed by atoms with Crippen LogP contribution in [0.5, 0.6) is 0 Å². The van der Waals surface area contributed by atoms with Crippen LogP contribution in [0.3, 0.4) is 0 Å². The first-order valence-electron chi connectivity index (χ1n) is 19.0. The highest BCUT2D eigenvalue weighted by Gasteiger charge is 2.56. The first-order chi connectivity index (χ1) is 23.7. The van der Waals surface area contributed by atoms with Crippen LogP contribution < -0.4 is 21.3 Å². The summed E-state index contributed by atoms with van der Waals surface area (Å²) in [5, 5.41) is 11.3. The number of hydrogen-bond donors (Lipinski definition) is 4. The smallest absolute Gasteiger partial charge is 0.315 e. The van der Waals surface area contributed by atoms with Gasteiger partial charge >= 0.3 is 6.03 Å². The van der Waals surface area contributed by atoms with E-state index in [1.807, 2.05) is 27.7 Å². The summed E-state index contributed by atoms with van der Waals surface area (Å²) in [6.07, 6.45) is 10.0. The third-order valence-electron chi connectivity index (χ3n) is 12.2. The SMILES string of the molecule is C=CCNC(=O)C(=O)C(CC1CC1)NC(=O)[C@@H]1CC2(CC2)C(C)CN1C(=O)[C@@H](NC(=O)NC1(CS(=O)(=O)C(C)(C)CC)CCCCC1)C(C)(C)C. The van der Waals surface area contributed by atoms with E-state index < -0.39 is 73.2 Å². The second-order valence-corrected chi connectivity index (χ2v) is 20.3. The molecular weight excluding hydrogens is 671 g/mol. The number of urea groups is 1. The van der Waals surface area contributed by atoms with Crippen molar-refractivity contribution >= 4 is 39.4 Å². The summed E-state index contributed by atoms with van der Waals surface area (Å²) in [6, 6.07) is -3.54. The lowest BCUT2D eigenvalue weighted by Crippen LogP contribution is -2.66. The van der Waals surface area contributed by atoms with Gasteiger partial charge < -0.3 is 26.2 Å². The fraction of sp³-hybridized carbons (Fsp3) is 0.816. The van der Waals surface area contributed by atoms with Crippen LogP contribution in [0.2, 0.25) is 0 Å². The number of nitrogens with zero attached hydrogens (tertiary/aromatic N) is 1. The largest absolute Gasteiger partial charge is 0.346 e. The van der Waals surface area contributed by atoms with Gasteiger partial charge in [-0.2, -0.15) is 0 Å². The van der Waals surface area contributed by atoms with Crippen molar-refractivity contribution < 1.29 is 32.4 Å². The van der Waals surface area contributed by atoms with Gasteiger partial charge in [0.15, 0.2) is 9.84 Å². The van der Waals surface area contributed by atoms with Gasteiger partial charge in [0, 0.05) is 13.1 Å². The van der Waals surface area contributed by atoms with E-state index in [4.69, 9.17) is 0 Å². The van der Waals surface area contributed by atoms with Crippen LogP contribution in [-0.2, 0) is 29.0 Å². The summed E-state index contributed by atoms with van der Waals surface area (Å²) in [5.74, 6) is -2.20. The Balaban J connectivity index is 1.57. The predicted octanol–water partition coefficient (Wildman–Crippen LogP) is 4.18. The van der Waals surface area contributed by atoms with E-state index in [-0.39, 0.29) is 29.5 Å². The van der Waals surface area contributed by atoms with E-state index in [2.05, 4.69) is 34.8 Å². The second-order valence-electron chi connectivity index (χ2n) is 17.7. The Labute approximate surface area is 305 Å². The molecule has 0 aromatic heterocycles. The van der Waals surface area contributed by atoms with Gasteiger partial charge in [-0.1, -0.05) is 72.8 Å². The van der Waals surface area contributed by atoms with Crippen LogP contribution in [0.1, 0.15) is 126 Å². The lowest BCUT2D eigenvalue weighted by atomic mass is 9.78. The molecule has 0 aromatic rings. The fourth-order valence-corrected chi connectivity index (χ4v) is 9.70. The van der Waals surface area contributed by atoms with Gasteiger partial charge in [-0.25, -0.2) is 13.2 Å². The maximum absolute atomic E-state index is 14.6. The van der Waals surface area contributed by atoms with Gasteiger partial charge in [0.25, 0.3) is 5.91 Å². The maximum Gasteiger partial charge on any atom is 0.315 e. The van der Waals surface area contributed by atoms with Crippen LogP contribution in [-0.4, -0.2) is 90.1 Å². The Kier molecular flexibility index (Phi) is 12.5. The van der Waals surface area contributed by atoms with Crippen LogP contribution in [0.25, 0.3) is 0 Å². The molecule has 288 valence electrons. The Morgan fingerprint density at radius 3 is 2.12 bits per heavy atom. The number of carbonyl (C=O) groups excluding carboxylic acids is 5. The van der Waals surface area contributed by atoms with Crippen molar-refractivity contribution in [3.05, 3.63) is 12.7 Å². The summed E-state index contributed by atoms with van der Waals surface area (Å²) < 4.78 is 26.2. The van der Waals surface area contributed by atoms with Crippen molar-refractivity contribution in [2.24, 2.45) is 22.7 Å².